The van der Waals surface area contributed by atoms with Crippen molar-refractivity contribution < 1.29 is 0 Å². The van der Waals surface area contributed by atoms with Gasteiger partial charge < -0.3 is 13.7 Å². The number of nitrogens with zero attached hydrogens (tertiary/aromatic N) is 5. The monoisotopic (exact) mass is 345 g/mol. The van der Waals surface area contributed by atoms with Crippen LogP contribution < -0.4 is 0 Å². The van der Waals surface area contributed by atoms with E-state index in [1.165, 1.54) is 44.0 Å². The van der Waals surface area contributed by atoms with Crippen molar-refractivity contribution in [3.05, 3.63) is 34.9 Å². The first-order valence-electron chi connectivity index (χ1n) is 8.98. The molecule has 0 spiro atoms. The molecule has 26 heavy (non-hydrogen) atoms. The topological polar surface area (TPSA) is 40.6 Å². The minimum absolute atomic E-state index is 1.04. The Hall–Kier alpha value is -2.82. The lowest BCUT2D eigenvalue weighted by atomic mass is 10.1. The van der Waals surface area contributed by atoms with Crippen LogP contribution in [-0.4, -0.2) is 23.7 Å². The predicted octanol–water partition coefficient (Wildman–Crippen LogP) is 4.34. The number of fused-ring (bicyclic) bond motifs is 5. The molecule has 0 amide bonds. The lowest BCUT2D eigenvalue weighted by molar-refractivity contribution is 0.886. The van der Waals surface area contributed by atoms with Crippen LogP contribution in [-0.2, 0) is 21.1 Å². The molecule has 3 aromatic heterocycles. The Bertz CT molecular complexity index is 1290. The maximum atomic E-state index is 4.80. The summed E-state index contributed by atoms with van der Waals surface area (Å²) in [5.41, 5.74) is 9.60. The molecular formula is C21H23N5. The molecule has 5 aromatic rings. The second kappa shape index (κ2) is 4.67. The molecular weight excluding hydrogens is 322 g/mol. The van der Waals surface area contributed by atoms with E-state index in [1.807, 2.05) is 0 Å². The van der Waals surface area contributed by atoms with Crippen molar-refractivity contribution in [1.82, 2.24) is 23.7 Å². The van der Waals surface area contributed by atoms with Crippen molar-refractivity contribution in [2.24, 2.45) is 21.1 Å². The van der Waals surface area contributed by atoms with Gasteiger partial charge >= 0.3 is 0 Å². The Morgan fingerprint density at radius 2 is 1.00 bits per heavy atom. The Kier molecular flexibility index (Phi) is 2.77. The average Bonchev–Trinajstić information content (AvgIpc) is 3.16. The first-order valence-corrected chi connectivity index (χ1v) is 8.98. The van der Waals surface area contributed by atoms with Gasteiger partial charge in [0, 0.05) is 43.0 Å². The zero-order valence-electron chi connectivity index (χ0n) is 16.4. The van der Waals surface area contributed by atoms with Crippen LogP contribution in [0.25, 0.3) is 43.9 Å². The van der Waals surface area contributed by atoms with Gasteiger partial charge in [0.25, 0.3) is 0 Å². The highest BCUT2D eigenvalue weighted by atomic mass is 15.1. The van der Waals surface area contributed by atoms with Gasteiger partial charge in [0.1, 0.15) is 11.6 Å². The SMILES string of the molecule is Cc1c2nc(C)n(C)c2cc2c3cc4c(nc(C)n4C)c(C)c3n(C)c12. The molecule has 2 aromatic carbocycles. The van der Waals surface area contributed by atoms with Gasteiger partial charge in [-0.15, -0.1) is 0 Å². The maximum Gasteiger partial charge on any atom is 0.106 e. The average molecular weight is 345 g/mol. The molecule has 0 aliphatic heterocycles. The predicted molar refractivity (Wildman–Crippen MR) is 108 cm³/mol. The van der Waals surface area contributed by atoms with Gasteiger partial charge in [0.05, 0.1) is 33.1 Å². The maximum absolute atomic E-state index is 4.80. The van der Waals surface area contributed by atoms with Crippen LogP contribution >= 0.6 is 0 Å². The minimum Gasteiger partial charge on any atom is -0.343 e. The first kappa shape index (κ1) is 15.4. The summed E-state index contributed by atoms with van der Waals surface area (Å²) in [6.07, 6.45) is 0. The number of hydrogen-bond acceptors (Lipinski definition) is 2. The molecule has 0 saturated carbocycles. The molecule has 0 saturated heterocycles. The van der Waals surface area contributed by atoms with Crippen LogP contribution in [0, 0.1) is 27.7 Å². The molecule has 0 aliphatic rings. The molecule has 132 valence electrons. The van der Waals surface area contributed by atoms with Crippen LogP contribution in [0.2, 0.25) is 0 Å². The molecule has 0 bridgehead atoms. The van der Waals surface area contributed by atoms with E-state index in [9.17, 15) is 0 Å². The van der Waals surface area contributed by atoms with E-state index in [-0.39, 0.29) is 0 Å². The van der Waals surface area contributed by atoms with Crippen LogP contribution in [0.4, 0.5) is 0 Å². The third-order valence-corrected chi connectivity index (χ3v) is 6.18. The lowest BCUT2D eigenvalue weighted by Gasteiger charge is -2.05. The molecule has 3 heterocycles. The second-order valence-corrected chi connectivity index (χ2v) is 7.53. The molecule has 0 aliphatic carbocycles. The standard InChI is InChI=1S/C21H23N5/c1-10-18-16(24(5)12(3)22-18)8-14-15-9-17-19(23-13(4)25(17)6)11(2)21(15)26(7)20(10)14/h8-9H,1-7H3. The van der Waals surface area contributed by atoms with Crippen LogP contribution in [0.1, 0.15) is 22.8 Å². The van der Waals surface area contributed by atoms with Gasteiger partial charge in [0.2, 0.25) is 0 Å². The molecule has 5 nitrogen and oxygen atoms in total. The molecule has 0 radical (unpaired) electrons. The van der Waals surface area contributed by atoms with Crippen molar-refractivity contribution in [3.63, 3.8) is 0 Å². The minimum atomic E-state index is 1.04. The van der Waals surface area contributed by atoms with Crippen molar-refractivity contribution in [2.45, 2.75) is 27.7 Å². The lowest BCUT2D eigenvalue weighted by Crippen LogP contribution is -1.93. The van der Waals surface area contributed by atoms with E-state index in [0.29, 0.717) is 0 Å². The highest BCUT2D eigenvalue weighted by Crippen LogP contribution is 2.38. The van der Waals surface area contributed by atoms with Crippen molar-refractivity contribution in [1.29, 1.82) is 0 Å². The third kappa shape index (κ3) is 1.61. The second-order valence-electron chi connectivity index (χ2n) is 7.53. The van der Waals surface area contributed by atoms with Crippen LogP contribution in [0.3, 0.4) is 0 Å². The van der Waals surface area contributed by atoms with E-state index < -0.39 is 0 Å². The van der Waals surface area contributed by atoms with Gasteiger partial charge in [0.15, 0.2) is 0 Å². The Labute approximate surface area is 151 Å². The smallest absolute Gasteiger partial charge is 0.106 e. The Balaban J connectivity index is 2.11. The van der Waals surface area contributed by atoms with Gasteiger partial charge in [-0.2, -0.15) is 0 Å². The number of hydrogen-bond donors (Lipinski definition) is 0. The molecule has 0 fully saturated rings. The van der Waals surface area contributed by atoms with Gasteiger partial charge in [-0.05, 0) is 39.8 Å². The summed E-state index contributed by atoms with van der Waals surface area (Å²) >= 11 is 0. The number of rotatable bonds is 0. The van der Waals surface area contributed by atoms with Crippen molar-refractivity contribution >= 4 is 43.9 Å². The fourth-order valence-corrected chi connectivity index (χ4v) is 4.56. The number of benzene rings is 2. The summed E-state index contributed by atoms with van der Waals surface area (Å²) in [6.45, 7) is 8.50. The molecule has 5 heteroatoms. The Morgan fingerprint density at radius 3 is 1.38 bits per heavy atom. The highest BCUT2D eigenvalue weighted by molar-refractivity contribution is 6.17. The van der Waals surface area contributed by atoms with Crippen molar-refractivity contribution in [3.8, 4) is 0 Å². The highest BCUT2D eigenvalue weighted by Gasteiger charge is 2.20. The molecule has 0 unspecified atom stereocenters. The fraction of sp³-hybridized carbons (Fsp3) is 0.333. The zero-order chi connectivity index (χ0) is 18.5. The van der Waals surface area contributed by atoms with Crippen LogP contribution in [0.15, 0.2) is 12.1 Å². The number of imidazole rings is 2. The van der Waals surface area contributed by atoms with E-state index >= 15 is 0 Å². The van der Waals surface area contributed by atoms with E-state index in [0.717, 1.165) is 22.7 Å². The summed E-state index contributed by atoms with van der Waals surface area (Å²) < 4.78 is 6.68. The van der Waals surface area contributed by atoms with E-state index in [4.69, 9.17) is 9.97 Å². The van der Waals surface area contributed by atoms with Crippen molar-refractivity contribution in [2.75, 3.05) is 0 Å². The number of aryl methyl sites for hydroxylation is 7. The number of aromatic nitrogens is 5. The van der Waals surface area contributed by atoms with Gasteiger partial charge in [-0.3, -0.25) is 0 Å². The summed E-state index contributed by atoms with van der Waals surface area (Å²) in [5.74, 6) is 2.09. The van der Waals surface area contributed by atoms with Gasteiger partial charge in [-0.1, -0.05) is 0 Å². The summed E-state index contributed by atoms with van der Waals surface area (Å²) in [6, 6.07) is 4.60. The molecule has 0 N–H and O–H groups in total. The van der Waals surface area contributed by atoms with Gasteiger partial charge in [-0.25, -0.2) is 9.97 Å². The largest absolute Gasteiger partial charge is 0.343 e. The molecule has 5 rings (SSSR count). The zero-order valence-corrected chi connectivity index (χ0v) is 16.4. The van der Waals surface area contributed by atoms with E-state index in [1.54, 1.807) is 0 Å². The van der Waals surface area contributed by atoms with E-state index in [2.05, 4.69) is 74.7 Å². The molecule has 0 atom stereocenters. The third-order valence-electron chi connectivity index (χ3n) is 6.18. The van der Waals surface area contributed by atoms with Crippen LogP contribution in [0.5, 0.6) is 0 Å². The summed E-state index contributed by atoms with van der Waals surface area (Å²) in [4.78, 5) is 9.60. The summed E-state index contributed by atoms with van der Waals surface area (Å²) in [5, 5.41) is 2.58. The normalized spacial score (nSPS) is 12.4. The summed E-state index contributed by atoms with van der Waals surface area (Å²) in [7, 11) is 6.35. The Morgan fingerprint density at radius 1 is 0.615 bits per heavy atom. The fourth-order valence-electron chi connectivity index (χ4n) is 4.56. The quantitative estimate of drug-likeness (QED) is 0.419. The first-order chi connectivity index (χ1) is 12.3.